The highest BCUT2D eigenvalue weighted by molar-refractivity contribution is 8.15. The van der Waals surface area contributed by atoms with Crippen LogP contribution in [0, 0.1) is 11.2 Å². The molecule has 0 heterocycles. The molecule has 0 atom stereocenters. The zero-order valence-electron chi connectivity index (χ0n) is 13.6. The van der Waals surface area contributed by atoms with E-state index in [2.05, 4.69) is 9.73 Å². The number of carbonyl (C=O) groups is 1. The molecule has 1 aromatic rings. The van der Waals surface area contributed by atoms with Crippen molar-refractivity contribution in [1.29, 1.82) is 5.41 Å². The van der Waals surface area contributed by atoms with Gasteiger partial charge < -0.3 is 19.3 Å². The summed E-state index contributed by atoms with van der Waals surface area (Å²) in [6, 6.07) is 2.79. The molecule has 0 fully saturated rings. The van der Waals surface area contributed by atoms with E-state index in [1.54, 1.807) is 6.26 Å². The molecule has 0 aliphatic heterocycles. The predicted octanol–water partition coefficient (Wildman–Crippen LogP) is 2.24. The van der Waals surface area contributed by atoms with Crippen LogP contribution in [0.15, 0.2) is 17.1 Å². The fourth-order valence-electron chi connectivity index (χ4n) is 1.75. The normalized spacial score (nSPS) is 11.3. The molecule has 0 radical (unpaired) electrons. The molecule has 1 amide bonds. The van der Waals surface area contributed by atoms with Gasteiger partial charge in [-0.05, 0) is 18.4 Å². The topological polar surface area (TPSA) is 101 Å². The number of rotatable bonds is 7. The third-order valence-corrected chi connectivity index (χ3v) is 3.58. The van der Waals surface area contributed by atoms with Crippen molar-refractivity contribution in [2.75, 3.05) is 33.7 Å². The zero-order valence-corrected chi connectivity index (χ0v) is 14.4. The first-order chi connectivity index (χ1) is 11.5. The number of aliphatic hydroxyl groups is 1. The van der Waals surface area contributed by atoms with Gasteiger partial charge in [-0.15, -0.1) is 11.8 Å². The van der Waals surface area contributed by atoms with E-state index in [1.807, 2.05) is 0 Å². The van der Waals surface area contributed by atoms with Gasteiger partial charge in [0.2, 0.25) is 0 Å². The fraction of sp³-hybridized carbons (Fsp3) is 0.400. The Hall–Kier alpha value is -1.97. The van der Waals surface area contributed by atoms with Crippen molar-refractivity contribution < 1.29 is 28.5 Å². The first-order valence-electron chi connectivity index (χ1n) is 6.83. The molecule has 1 rings (SSSR count). The van der Waals surface area contributed by atoms with E-state index >= 15 is 0 Å². The molecule has 1 aromatic carbocycles. The Bertz CT molecular complexity index is 637. The lowest BCUT2D eigenvalue weighted by atomic mass is 10.1. The number of nitrogens with one attached hydrogen (secondary N) is 1. The van der Waals surface area contributed by atoms with Crippen LogP contribution in [0.1, 0.15) is 11.1 Å². The number of methoxy groups -OCH3 is 2. The summed E-state index contributed by atoms with van der Waals surface area (Å²) in [5, 5.41) is 16.9. The van der Waals surface area contributed by atoms with Crippen molar-refractivity contribution in [3.8, 4) is 5.75 Å². The van der Waals surface area contributed by atoms with E-state index in [0.29, 0.717) is 5.75 Å². The Morgan fingerprint density at radius 2 is 2.12 bits per heavy atom. The van der Waals surface area contributed by atoms with Crippen LogP contribution in [0.2, 0.25) is 0 Å². The number of thioether (sulfide) groups is 1. The maximum atomic E-state index is 14.7. The summed E-state index contributed by atoms with van der Waals surface area (Å²) < 4.78 is 29.3. The number of aliphatic hydroxyl groups excluding tert-OH is 1. The van der Waals surface area contributed by atoms with Gasteiger partial charge in [0, 0.05) is 11.1 Å². The van der Waals surface area contributed by atoms with Crippen molar-refractivity contribution in [2.45, 2.75) is 6.61 Å². The highest BCUT2D eigenvalue weighted by Crippen LogP contribution is 2.24. The Balaban J connectivity index is 3.25. The summed E-state index contributed by atoms with van der Waals surface area (Å²) in [4.78, 5) is 14.9. The number of halogens is 1. The summed E-state index contributed by atoms with van der Waals surface area (Å²) in [6.45, 7) is -0.216. The summed E-state index contributed by atoms with van der Waals surface area (Å²) >= 11 is 1.02. The summed E-state index contributed by atoms with van der Waals surface area (Å²) in [5.41, 5.74) is -0.178. The fourth-order valence-corrected chi connectivity index (χ4v) is 2.23. The lowest BCUT2D eigenvalue weighted by Gasteiger charge is -2.13. The molecule has 9 heteroatoms. The van der Waals surface area contributed by atoms with Crippen LogP contribution < -0.4 is 4.74 Å². The molecule has 7 nitrogen and oxygen atoms in total. The summed E-state index contributed by atoms with van der Waals surface area (Å²) in [6.07, 6.45) is 0.735. The minimum absolute atomic E-state index is 0.0104. The quantitative estimate of drug-likeness (QED) is 0.440. The Labute approximate surface area is 143 Å². The molecular weight excluding hydrogens is 339 g/mol. The molecule has 0 aliphatic carbocycles. The van der Waals surface area contributed by atoms with E-state index in [0.717, 1.165) is 18.9 Å². The smallest absolute Gasteiger partial charge is 0.434 e. The zero-order chi connectivity index (χ0) is 18.1. The molecule has 0 spiro atoms. The van der Waals surface area contributed by atoms with Gasteiger partial charge in [0.25, 0.3) is 0 Å². The van der Waals surface area contributed by atoms with Gasteiger partial charge in [-0.1, -0.05) is 0 Å². The van der Waals surface area contributed by atoms with E-state index < -0.39 is 11.9 Å². The first kappa shape index (κ1) is 20.1. The molecule has 2 N–H and O–H groups in total. The molecule has 0 aromatic heterocycles. The molecule has 132 valence electrons. The number of carbonyl (C=O) groups excluding carboxylic acids is 1. The number of benzene rings is 1. The Morgan fingerprint density at radius 3 is 2.67 bits per heavy atom. The van der Waals surface area contributed by atoms with E-state index in [9.17, 15) is 9.18 Å². The number of aliphatic imine (C=N–C) groups is 1. The molecular formula is C15H19FN2O5S. The van der Waals surface area contributed by atoms with Gasteiger partial charge in [-0.3, -0.25) is 5.41 Å². The number of nitrogens with zero attached hydrogens (tertiary/aromatic N) is 1. The van der Waals surface area contributed by atoms with Gasteiger partial charge in [0.15, 0.2) is 0 Å². The van der Waals surface area contributed by atoms with Crippen molar-refractivity contribution in [2.24, 2.45) is 4.99 Å². The molecule has 0 saturated carbocycles. The maximum absolute atomic E-state index is 14.7. The number of hydrogen-bond acceptors (Lipinski definition) is 7. The summed E-state index contributed by atoms with van der Waals surface area (Å²) in [5.74, 6) is -0.345. The van der Waals surface area contributed by atoms with Gasteiger partial charge in [-0.25, -0.2) is 9.18 Å². The molecule has 0 bridgehead atoms. The predicted molar refractivity (Wildman–Crippen MR) is 89.9 cm³/mol. The average molecular weight is 358 g/mol. The maximum Gasteiger partial charge on any atom is 0.434 e. The highest BCUT2D eigenvalue weighted by Gasteiger charge is 2.19. The second-order valence-electron chi connectivity index (χ2n) is 4.39. The van der Waals surface area contributed by atoms with Crippen molar-refractivity contribution in [3.05, 3.63) is 29.1 Å². The third-order valence-electron chi connectivity index (χ3n) is 2.89. The molecule has 0 aliphatic rings. The SMILES string of the molecule is COC(=O)N=C(SC)C(=N)c1cc(OC)cc(COCCO)c1F. The Morgan fingerprint density at radius 1 is 1.42 bits per heavy atom. The monoisotopic (exact) mass is 358 g/mol. The Kier molecular flexibility index (Phi) is 8.37. The van der Waals surface area contributed by atoms with Gasteiger partial charge in [-0.2, -0.15) is 4.99 Å². The lowest BCUT2D eigenvalue weighted by molar-refractivity contribution is 0.0798. The van der Waals surface area contributed by atoms with Crippen LogP contribution in [0.25, 0.3) is 0 Å². The molecule has 0 unspecified atom stereocenters. The number of ether oxygens (including phenoxy) is 3. The van der Waals surface area contributed by atoms with Gasteiger partial charge in [0.05, 0.1) is 39.8 Å². The first-order valence-corrected chi connectivity index (χ1v) is 8.05. The minimum Gasteiger partial charge on any atom is -0.497 e. The second kappa shape index (κ2) is 10.0. The molecule has 24 heavy (non-hydrogen) atoms. The number of hydrogen-bond donors (Lipinski definition) is 2. The number of amides is 1. The van der Waals surface area contributed by atoms with Gasteiger partial charge >= 0.3 is 6.09 Å². The standard InChI is InChI=1S/C15H19FN2O5S/c1-21-10-6-9(8-23-5-4-19)12(16)11(7-10)13(17)14(24-3)18-15(20)22-2/h6-7,17,19H,4-5,8H2,1-3H3. The van der Waals surface area contributed by atoms with Crippen LogP contribution in [0.3, 0.4) is 0 Å². The van der Waals surface area contributed by atoms with Crippen LogP contribution in [0.4, 0.5) is 9.18 Å². The van der Waals surface area contributed by atoms with Crippen LogP contribution in [0.5, 0.6) is 5.75 Å². The van der Waals surface area contributed by atoms with Crippen molar-refractivity contribution >= 4 is 28.6 Å². The van der Waals surface area contributed by atoms with E-state index in [-0.39, 0.29) is 41.7 Å². The van der Waals surface area contributed by atoms with Crippen molar-refractivity contribution in [3.63, 3.8) is 0 Å². The van der Waals surface area contributed by atoms with E-state index in [1.165, 1.54) is 19.2 Å². The van der Waals surface area contributed by atoms with Gasteiger partial charge in [0.1, 0.15) is 16.6 Å². The summed E-state index contributed by atoms with van der Waals surface area (Å²) in [7, 11) is 2.58. The minimum atomic E-state index is -0.876. The van der Waals surface area contributed by atoms with Crippen LogP contribution in [-0.4, -0.2) is 55.6 Å². The van der Waals surface area contributed by atoms with E-state index in [4.69, 9.17) is 20.0 Å². The second-order valence-corrected chi connectivity index (χ2v) is 5.19. The molecule has 0 saturated heterocycles. The van der Waals surface area contributed by atoms with Crippen LogP contribution in [-0.2, 0) is 16.1 Å². The third kappa shape index (κ3) is 5.29. The average Bonchev–Trinajstić information content (AvgIpc) is 2.60. The highest BCUT2D eigenvalue weighted by atomic mass is 32.2. The van der Waals surface area contributed by atoms with Crippen molar-refractivity contribution in [1.82, 2.24) is 0 Å². The largest absolute Gasteiger partial charge is 0.497 e. The van der Waals surface area contributed by atoms with Crippen LogP contribution >= 0.6 is 11.8 Å². The lowest BCUT2D eigenvalue weighted by Crippen LogP contribution is -2.16.